The fourth-order valence-corrected chi connectivity index (χ4v) is 2.79. The second-order valence-electron chi connectivity index (χ2n) is 5.78. The van der Waals surface area contributed by atoms with Gasteiger partial charge in [-0.1, -0.05) is 25.0 Å². The molecule has 1 aromatic carbocycles. The molecule has 1 aliphatic heterocycles. The summed E-state index contributed by atoms with van der Waals surface area (Å²) in [4.78, 5) is 0. The first-order valence-corrected chi connectivity index (χ1v) is 7.48. The van der Waals surface area contributed by atoms with Gasteiger partial charge in [0.1, 0.15) is 0 Å². The van der Waals surface area contributed by atoms with E-state index in [0.29, 0.717) is 0 Å². The lowest BCUT2D eigenvalue weighted by atomic mass is 10.0. The lowest BCUT2D eigenvalue weighted by molar-refractivity contribution is 0.593. The van der Waals surface area contributed by atoms with Crippen LogP contribution in [0.15, 0.2) is 18.2 Å². The van der Waals surface area contributed by atoms with Gasteiger partial charge in [-0.3, -0.25) is 0 Å². The van der Waals surface area contributed by atoms with E-state index in [-0.39, 0.29) is 0 Å². The van der Waals surface area contributed by atoms with Gasteiger partial charge >= 0.3 is 0 Å². The highest BCUT2D eigenvalue weighted by Crippen LogP contribution is 2.33. The summed E-state index contributed by atoms with van der Waals surface area (Å²) in [5.41, 5.74) is 4.28. The highest BCUT2D eigenvalue weighted by molar-refractivity contribution is 5.54. The van der Waals surface area contributed by atoms with Crippen LogP contribution in [0.3, 0.4) is 0 Å². The van der Waals surface area contributed by atoms with Crippen LogP contribution < -0.4 is 10.6 Å². The Balaban J connectivity index is 1.43. The number of anilines is 1. The first-order valence-electron chi connectivity index (χ1n) is 7.48. The second kappa shape index (κ2) is 5.75. The summed E-state index contributed by atoms with van der Waals surface area (Å²) in [6.45, 7) is 3.33. The maximum Gasteiger partial charge on any atom is 0.0372 e. The summed E-state index contributed by atoms with van der Waals surface area (Å²) < 4.78 is 0. The van der Waals surface area contributed by atoms with Crippen LogP contribution in [0, 0.1) is 5.92 Å². The van der Waals surface area contributed by atoms with Crippen LogP contribution in [0.1, 0.15) is 43.2 Å². The van der Waals surface area contributed by atoms with Crippen molar-refractivity contribution in [3.8, 4) is 0 Å². The molecule has 2 heteroatoms. The van der Waals surface area contributed by atoms with Gasteiger partial charge in [0.25, 0.3) is 0 Å². The van der Waals surface area contributed by atoms with Gasteiger partial charge in [0.2, 0.25) is 0 Å². The molecular weight excluding hydrogens is 220 g/mol. The van der Waals surface area contributed by atoms with Crippen molar-refractivity contribution in [3.63, 3.8) is 0 Å². The molecule has 98 valence electrons. The summed E-state index contributed by atoms with van der Waals surface area (Å²) in [6, 6.07) is 6.87. The highest BCUT2D eigenvalue weighted by Gasteiger charge is 2.19. The lowest BCUT2D eigenvalue weighted by Crippen LogP contribution is -2.16. The molecule has 0 aromatic heterocycles. The van der Waals surface area contributed by atoms with Crippen molar-refractivity contribution >= 4 is 5.69 Å². The number of benzene rings is 1. The van der Waals surface area contributed by atoms with Gasteiger partial charge in [0.05, 0.1) is 0 Å². The molecule has 2 nitrogen and oxygen atoms in total. The quantitative estimate of drug-likeness (QED) is 0.750. The van der Waals surface area contributed by atoms with Crippen molar-refractivity contribution in [2.75, 3.05) is 18.4 Å². The maximum absolute atomic E-state index is 3.57. The Kier molecular flexibility index (Phi) is 3.84. The number of aryl methyl sites for hydroxylation is 1. The predicted molar refractivity (Wildman–Crippen MR) is 76.9 cm³/mol. The molecular formula is C16H24N2. The molecule has 2 aliphatic rings. The molecule has 1 fully saturated rings. The zero-order chi connectivity index (χ0) is 12.2. The molecule has 0 radical (unpaired) electrons. The SMILES string of the molecule is c1cc2c(cc1CNCCCC1CC1)CCCN2. The third-order valence-corrected chi connectivity index (χ3v) is 4.10. The highest BCUT2D eigenvalue weighted by atomic mass is 14.9. The third-order valence-electron chi connectivity index (χ3n) is 4.10. The second-order valence-corrected chi connectivity index (χ2v) is 5.78. The summed E-state index contributed by atoms with van der Waals surface area (Å²) in [5, 5.41) is 7.04. The van der Waals surface area contributed by atoms with Crippen molar-refractivity contribution in [1.82, 2.24) is 5.32 Å². The van der Waals surface area contributed by atoms with Crippen LogP contribution in [0.25, 0.3) is 0 Å². The van der Waals surface area contributed by atoms with Crippen LogP contribution in [-0.4, -0.2) is 13.1 Å². The van der Waals surface area contributed by atoms with E-state index >= 15 is 0 Å². The molecule has 0 saturated heterocycles. The molecule has 0 unspecified atom stereocenters. The smallest absolute Gasteiger partial charge is 0.0372 e. The molecule has 1 heterocycles. The van der Waals surface area contributed by atoms with Crippen LogP contribution >= 0.6 is 0 Å². The predicted octanol–water partition coefficient (Wildman–Crippen LogP) is 3.32. The third kappa shape index (κ3) is 3.26. The Labute approximate surface area is 110 Å². The average Bonchev–Trinajstić information content (AvgIpc) is 3.22. The summed E-state index contributed by atoms with van der Waals surface area (Å²) in [5.74, 6) is 1.07. The van der Waals surface area contributed by atoms with E-state index in [1.807, 2.05) is 0 Å². The van der Waals surface area contributed by atoms with E-state index in [9.17, 15) is 0 Å². The molecule has 1 aromatic rings. The number of fused-ring (bicyclic) bond motifs is 1. The largest absolute Gasteiger partial charge is 0.385 e. The van der Waals surface area contributed by atoms with Gasteiger partial charge in [-0.05, 0) is 55.3 Å². The van der Waals surface area contributed by atoms with Crippen LogP contribution in [0.5, 0.6) is 0 Å². The van der Waals surface area contributed by atoms with Crippen molar-refractivity contribution < 1.29 is 0 Å². The Bertz CT molecular complexity index is 396. The zero-order valence-corrected chi connectivity index (χ0v) is 11.2. The number of hydrogen-bond donors (Lipinski definition) is 2. The van der Waals surface area contributed by atoms with Crippen molar-refractivity contribution in [3.05, 3.63) is 29.3 Å². The van der Waals surface area contributed by atoms with E-state index in [1.54, 1.807) is 0 Å². The fourth-order valence-electron chi connectivity index (χ4n) is 2.79. The molecule has 1 saturated carbocycles. The Hall–Kier alpha value is -1.02. The zero-order valence-electron chi connectivity index (χ0n) is 11.2. The summed E-state index contributed by atoms with van der Waals surface area (Å²) in [6.07, 6.45) is 8.25. The average molecular weight is 244 g/mol. The number of hydrogen-bond acceptors (Lipinski definition) is 2. The maximum atomic E-state index is 3.57. The van der Waals surface area contributed by atoms with Crippen molar-refractivity contribution in [1.29, 1.82) is 0 Å². The Morgan fingerprint density at radius 1 is 1.28 bits per heavy atom. The van der Waals surface area contributed by atoms with E-state index in [2.05, 4.69) is 28.8 Å². The molecule has 0 amide bonds. The number of rotatable bonds is 6. The van der Waals surface area contributed by atoms with E-state index in [1.165, 1.54) is 61.9 Å². The van der Waals surface area contributed by atoms with Gasteiger partial charge in [-0.2, -0.15) is 0 Å². The van der Waals surface area contributed by atoms with Crippen LogP contribution in [0.2, 0.25) is 0 Å². The molecule has 0 bridgehead atoms. The van der Waals surface area contributed by atoms with Crippen LogP contribution in [-0.2, 0) is 13.0 Å². The molecule has 2 N–H and O–H groups in total. The van der Waals surface area contributed by atoms with E-state index in [4.69, 9.17) is 0 Å². The Morgan fingerprint density at radius 2 is 2.22 bits per heavy atom. The van der Waals surface area contributed by atoms with Gasteiger partial charge in [-0.25, -0.2) is 0 Å². The summed E-state index contributed by atoms with van der Waals surface area (Å²) >= 11 is 0. The van der Waals surface area contributed by atoms with Gasteiger partial charge in [0.15, 0.2) is 0 Å². The lowest BCUT2D eigenvalue weighted by Gasteiger charge is -2.18. The number of nitrogens with one attached hydrogen (secondary N) is 2. The minimum absolute atomic E-state index is 1.03. The van der Waals surface area contributed by atoms with Gasteiger partial charge < -0.3 is 10.6 Å². The van der Waals surface area contributed by atoms with Crippen molar-refractivity contribution in [2.24, 2.45) is 5.92 Å². The topological polar surface area (TPSA) is 24.1 Å². The standard InChI is InChI=1S/C16H24N2/c1(3-13-5-6-13)9-17-12-14-7-8-16-15(11-14)4-2-10-18-16/h7-8,11,13,17-18H,1-6,9-10,12H2. The fraction of sp³-hybridized carbons (Fsp3) is 0.625. The van der Waals surface area contributed by atoms with Gasteiger partial charge in [0, 0.05) is 18.8 Å². The first-order chi connectivity index (χ1) is 8.92. The minimum Gasteiger partial charge on any atom is -0.385 e. The summed E-state index contributed by atoms with van der Waals surface area (Å²) in [7, 11) is 0. The molecule has 1 aliphatic carbocycles. The molecule has 0 atom stereocenters. The van der Waals surface area contributed by atoms with Crippen LogP contribution in [0.4, 0.5) is 5.69 Å². The first kappa shape index (κ1) is 12.0. The molecule has 0 spiro atoms. The van der Waals surface area contributed by atoms with Gasteiger partial charge in [-0.15, -0.1) is 0 Å². The van der Waals surface area contributed by atoms with Crippen molar-refractivity contribution in [2.45, 2.75) is 45.1 Å². The molecule has 18 heavy (non-hydrogen) atoms. The molecule has 3 rings (SSSR count). The van der Waals surface area contributed by atoms with E-state index in [0.717, 1.165) is 19.0 Å². The normalized spacial score (nSPS) is 18.2. The minimum atomic E-state index is 1.03. The monoisotopic (exact) mass is 244 g/mol. The Morgan fingerprint density at radius 3 is 3.11 bits per heavy atom. The van der Waals surface area contributed by atoms with E-state index < -0.39 is 0 Å².